The molecular weight excluding hydrogens is 270 g/mol. The van der Waals surface area contributed by atoms with Crippen molar-refractivity contribution in [3.63, 3.8) is 0 Å². The molecule has 0 aromatic carbocycles. The van der Waals surface area contributed by atoms with E-state index in [1.165, 1.54) is 4.68 Å². The first-order chi connectivity index (χ1) is 9.06. The van der Waals surface area contributed by atoms with Crippen LogP contribution in [0, 0.1) is 0 Å². The van der Waals surface area contributed by atoms with Gasteiger partial charge < -0.3 is 14.8 Å². The van der Waals surface area contributed by atoms with Crippen LogP contribution >= 0.6 is 11.6 Å². The van der Waals surface area contributed by atoms with Gasteiger partial charge in [0, 0.05) is 13.7 Å². The molecule has 1 unspecified atom stereocenters. The summed E-state index contributed by atoms with van der Waals surface area (Å²) in [5, 5.41) is 7.48. The maximum Gasteiger partial charge on any atom is 0.287 e. The summed E-state index contributed by atoms with van der Waals surface area (Å²) in [6.07, 6.45) is 2.44. The normalized spacial score (nSPS) is 22.7. The Kier molecular flexibility index (Phi) is 4.44. The lowest BCUT2D eigenvalue weighted by molar-refractivity contribution is 0.181. The molecule has 1 saturated heterocycles. The van der Waals surface area contributed by atoms with E-state index in [2.05, 4.69) is 10.4 Å². The third-order valence-electron chi connectivity index (χ3n) is 3.15. The highest BCUT2D eigenvalue weighted by atomic mass is 35.5. The molecule has 1 aromatic heterocycles. The Morgan fingerprint density at radius 2 is 2.47 bits per heavy atom. The van der Waals surface area contributed by atoms with Gasteiger partial charge in [0.05, 0.1) is 37.2 Å². The maximum atomic E-state index is 12.0. The molecule has 7 heteroatoms. The molecule has 0 aliphatic carbocycles. The van der Waals surface area contributed by atoms with E-state index in [1.807, 2.05) is 6.92 Å². The quantitative estimate of drug-likeness (QED) is 0.879. The first-order valence-electron chi connectivity index (χ1n) is 6.16. The molecule has 106 valence electrons. The molecule has 1 atom stereocenters. The molecular formula is C12H18ClN3O3. The van der Waals surface area contributed by atoms with Gasteiger partial charge in [0.15, 0.2) is 0 Å². The van der Waals surface area contributed by atoms with Crippen LogP contribution in [0.3, 0.4) is 0 Å². The Balaban J connectivity index is 2.18. The van der Waals surface area contributed by atoms with E-state index < -0.39 is 0 Å². The Bertz CT molecular complexity index is 497. The summed E-state index contributed by atoms with van der Waals surface area (Å²) >= 11 is 6.10. The van der Waals surface area contributed by atoms with Crippen LogP contribution in [0.4, 0.5) is 5.69 Å². The molecule has 1 aromatic rings. The van der Waals surface area contributed by atoms with E-state index in [-0.39, 0.29) is 16.1 Å². The van der Waals surface area contributed by atoms with Gasteiger partial charge in [0.25, 0.3) is 5.56 Å². The van der Waals surface area contributed by atoms with Crippen LogP contribution in [0.2, 0.25) is 5.02 Å². The van der Waals surface area contributed by atoms with Crippen LogP contribution in [-0.2, 0) is 16.0 Å². The minimum absolute atomic E-state index is 0.152. The van der Waals surface area contributed by atoms with Crippen LogP contribution in [0.1, 0.15) is 13.3 Å². The largest absolute Gasteiger partial charge is 0.383 e. The molecule has 6 nitrogen and oxygen atoms in total. The fourth-order valence-electron chi connectivity index (χ4n) is 1.98. The van der Waals surface area contributed by atoms with Crippen LogP contribution in [0.15, 0.2) is 11.0 Å². The Morgan fingerprint density at radius 1 is 1.68 bits per heavy atom. The predicted molar refractivity (Wildman–Crippen MR) is 72.8 cm³/mol. The third-order valence-corrected chi connectivity index (χ3v) is 3.51. The zero-order chi connectivity index (χ0) is 13.9. The molecule has 1 aliphatic heterocycles. The highest BCUT2D eigenvalue weighted by molar-refractivity contribution is 6.32. The van der Waals surface area contributed by atoms with E-state index in [4.69, 9.17) is 21.1 Å². The van der Waals surface area contributed by atoms with Crippen molar-refractivity contribution in [2.24, 2.45) is 0 Å². The van der Waals surface area contributed by atoms with E-state index in [0.29, 0.717) is 32.1 Å². The highest BCUT2D eigenvalue weighted by Gasteiger charge is 2.30. The van der Waals surface area contributed by atoms with Gasteiger partial charge >= 0.3 is 0 Å². The summed E-state index contributed by atoms with van der Waals surface area (Å²) in [6.45, 7) is 4.14. The summed E-state index contributed by atoms with van der Waals surface area (Å²) in [7, 11) is 1.57. The zero-order valence-electron chi connectivity index (χ0n) is 11.1. The van der Waals surface area contributed by atoms with Crippen molar-refractivity contribution >= 4 is 17.3 Å². The van der Waals surface area contributed by atoms with Crippen molar-refractivity contribution in [1.82, 2.24) is 9.78 Å². The molecule has 2 rings (SSSR count). The monoisotopic (exact) mass is 287 g/mol. The van der Waals surface area contributed by atoms with Crippen molar-refractivity contribution < 1.29 is 9.47 Å². The van der Waals surface area contributed by atoms with E-state index >= 15 is 0 Å². The molecule has 1 N–H and O–H groups in total. The van der Waals surface area contributed by atoms with Crippen LogP contribution in [0.25, 0.3) is 0 Å². The minimum Gasteiger partial charge on any atom is -0.383 e. The summed E-state index contributed by atoms with van der Waals surface area (Å²) in [5.74, 6) is 0. The molecule has 0 amide bonds. The fraction of sp³-hybridized carbons (Fsp3) is 0.667. The number of nitrogens with zero attached hydrogens (tertiary/aromatic N) is 2. The number of methoxy groups -OCH3 is 1. The van der Waals surface area contributed by atoms with Gasteiger partial charge in [-0.3, -0.25) is 4.79 Å². The molecule has 0 bridgehead atoms. The summed E-state index contributed by atoms with van der Waals surface area (Å²) in [5.41, 5.74) is 0.0378. The molecule has 1 fully saturated rings. The molecule has 1 aliphatic rings. The molecule has 0 spiro atoms. The predicted octanol–water partition coefficient (Wildman–Crippen LogP) is 1.13. The second-order valence-corrected chi connectivity index (χ2v) is 5.26. The number of aromatic nitrogens is 2. The summed E-state index contributed by atoms with van der Waals surface area (Å²) < 4.78 is 11.6. The lowest BCUT2D eigenvalue weighted by Gasteiger charge is -2.25. The Hall–Kier alpha value is -1.11. The number of anilines is 1. The van der Waals surface area contributed by atoms with Gasteiger partial charge in [-0.15, -0.1) is 0 Å². The SMILES string of the molecule is COCCn1ncc(NC2(C)CCOC2)c(Cl)c1=O. The van der Waals surface area contributed by atoms with Crippen LogP contribution < -0.4 is 10.9 Å². The van der Waals surface area contributed by atoms with Gasteiger partial charge in [-0.25, -0.2) is 4.68 Å². The number of hydrogen-bond acceptors (Lipinski definition) is 5. The smallest absolute Gasteiger partial charge is 0.287 e. The Morgan fingerprint density at radius 3 is 3.11 bits per heavy atom. The van der Waals surface area contributed by atoms with Crippen LogP contribution in [0.5, 0.6) is 0 Å². The molecule has 0 radical (unpaired) electrons. The standard InChI is InChI=1S/C12H18ClN3O3/c1-12(3-5-19-8-12)15-9-7-14-16(4-6-18-2)11(17)10(9)13/h7,15H,3-6,8H2,1-2H3. The van der Waals surface area contributed by atoms with Gasteiger partial charge in [-0.2, -0.15) is 5.10 Å². The van der Waals surface area contributed by atoms with Gasteiger partial charge in [-0.1, -0.05) is 11.6 Å². The average Bonchev–Trinajstić information content (AvgIpc) is 2.81. The van der Waals surface area contributed by atoms with Crippen molar-refractivity contribution in [2.75, 3.05) is 32.2 Å². The number of ether oxygens (including phenoxy) is 2. The number of nitrogens with one attached hydrogen (secondary N) is 1. The van der Waals surface area contributed by atoms with E-state index in [1.54, 1.807) is 13.3 Å². The summed E-state index contributed by atoms with van der Waals surface area (Å²) in [4.78, 5) is 12.0. The average molecular weight is 288 g/mol. The number of rotatable bonds is 5. The van der Waals surface area contributed by atoms with Gasteiger partial charge in [0.1, 0.15) is 5.02 Å². The van der Waals surface area contributed by atoms with Crippen molar-refractivity contribution in [2.45, 2.75) is 25.4 Å². The highest BCUT2D eigenvalue weighted by Crippen LogP contribution is 2.26. The van der Waals surface area contributed by atoms with Gasteiger partial charge in [0.2, 0.25) is 0 Å². The Labute approximate surface area is 116 Å². The fourth-order valence-corrected chi connectivity index (χ4v) is 2.17. The van der Waals surface area contributed by atoms with Crippen molar-refractivity contribution in [3.8, 4) is 0 Å². The topological polar surface area (TPSA) is 65.4 Å². The molecule has 19 heavy (non-hydrogen) atoms. The maximum absolute atomic E-state index is 12.0. The van der Waals surface area contributed by atoms with E-state index in [0.717, 1.165) is 6.42 Å². The second-order valence-electron chi connectivity index (χ2n) is 4.88. The van der Waals surface area contributed by atoms with Gasteiger partial charge in [-0.05, 0) is 13.3 Å². The first kappa shape index (κ1) is 14.3. The van der Waals surface area contributed by atoms with E-state index in [9.17, 15) is 4.79 Å². The van der Waals surface area contributed by atoms with Crippen molar-refractivity contribution in [1.29, 1.82) is 0 Å². The number of hydrogen-bond donors (Lipinski definition) is 1. The zero-order valence-corrected chi connectivity index (χ0v) is 11.9. The molecule has 0 saturated carbocycles. The summed E-state index contributed by atoms with van der Waals surface area (Å²) in [6, 6.07) is 0. The number of halogens is 1. The van der Waals surface area contributed by atoms with Crippen molar-refractivity contribution in [3.05, 3.63) is 21.6 Å². The second kappa shape index (κ2) is 5.90. The lowest BCUT2D eigenvalue weighted by atomic mass is 10.0. The lowest BCUT2D eigenvalue weighted by Crippen LogP contribution is -2.36. The third kappa shape index (κ3) is 3.26. The first-order valence-corrected chi connectivity index (χ1v) is 6.54. The minimum atomic E-state index is -0.314. The van der Waals surface area contributed by atoms with Crippen LogP contribution in [-0.4, -0.2) is 42.2 Å². The molecule has 2 heterocycles.